The molecule has 0 saturated carbocycles. The first-order chi connectivity index (χ1) is 8.03. The van der Waals surface area contributed by atoms with Gasteiger partial charge in [-0.2, -0.15) is 0 Å². The van der Waals surface area contributed by atoms with Gasteiger partial charge in [0.2, 0.25) is 5.91 Å². The zero-order chi connectivity index (χ0) is 14.1. The summed E-state index contributed by atoms with van der Waals surface area (Å²) in [4.78, 5) is 22.9. The highest BCUT2D eigenvalue weighted by atomic mass is 32.2. The van der Waals surface area contributed by atoms with Crippen LogP contribution in [0.4, 0.5) is 0 Å². The Morgan fingerprint density at radius 2 is 1.89 bits per heavy atom. The summed E-state index contributed by atoms with van der Waals surface area (Å²) >= 11 is 0. The highest BCUT2D eigenvalue weighted by Crippen LogP contribution is 2.22. The lowest BCUT2D eigenvalue weighted by Crippen LogP contribution is -2.50. The molecule has 1 heterocycles. The molecule has 0 aliphatic carbocycles. The Morgan fingerprint density at radius 3 is 2.22 bits per heavy atom. The molecule has 1 rings (SSSR count). The Labute approximate surface area is 107 Å². The maximum absolute atomic E-state index is 11.9. The van der Waals surface area contributed by atoms with E-state index in [2.05, 4.69) is 5.32 Å². The highest BCUT2D eigenvalue weighted by molar-refractivity contribution is 7.91. The van der Waals surface area contributed by atoms with Gasteiger partial charge >= 0.3 is 5.97 Å². The van der Waals surface area contributed by atoms with Crippen LogP contribution < -0.4 is 5.32 Å². The van der Waals surface area contributed by atoms with Gasteiger partial charge in [-0.1, -0.05) is 20.8 Å². The molecule has 1 amide bonds. The van der Waals surface area contributed by atoms with E-state index in [9.17, 15) is 18.0 Å². The van der Waals surface area contributed by atoms with Crippen molar-refractivity contribution in [3.63, 3.8) is 0 Å². The number of aliphatic carboxylic acids is 1. The zero-order valence-corrected chi connectivity index (χ0v) is 11.6. The van der Waals surface area contributed by atoms with Gasteiger partial charge in [-0.05, 0) is 11.8 Å². The SMILES string of the molecule is CC(C)(C)[C@@H](NC(=O)C1CCS(=O)(=O)C1)C(=O)O. The number of hydrogen-bond acceptors (Lipinski definition) is 4. The van der Waals surface area contributed by atoms with Gasteiger partial charge in [-0.25, -0.2) is 13.2 Å². The van der Waals surface area contributed by atoms with E-state index in [0.717, 1.165) is 0 Å². The van der Waals surface area contributed by atoms with E-state index in [4.69, 9.17) is 5.11 Å². The summed E-state index contributed by atoms with van der Waals surface area (Å²) in [7, 11) is -3.14. The lowest BCUT2D eigenvalue weighted by Gasteiger charge is -2.28. The summed E-state index contributed by atoms with van der Waals surface area (Å²) in [6.07, 6.45) is 0.269. The van der Waals surface area contributed by atoms with Crippen LogP contribution in [0.2, 0.25) is 0 Å². The van der Waals surface area contributed by atoms with Gasteiger partial charge in [0.25, 0.3) is 0 Å². The minimum atomic E-state index is -3.14. The van der Waals surface area contributed by atoms with E-state index in [1.54, 1.807) is 20.8 Å². The molecule has 104 valence electrons. The minimum absolute atomic E-state index is 0.00164. The van der Waals surface area contributed by atoms with Crippen molar-refractivity contribution in [3.8, 4) is 0 Å². The van der Waals surface area contributed by atoms with Crippen LogP contribution in [0, 0.1) is 11.3 Å². The third-order valence-electron chi connectivity index (χ3n) is 3.00. The summed E-state index contributed by atoms with van der Waals surface area (Å²) in [5.41, 5.74) is -0.626. The average Bonchev–Trinajstić information content (AvgIpc) is 2.52. The van der Waals surface area contributed by atoms with Crippen LogP contribution >= 0.6 is 0 Å². The summed E-state index contributed by atoms with van der Waals surface area (Å²) in [5, 5.41) is 11.5. The predicted molar refractivity (Wildman–Crippen MR) is 65.8 cm³/mol. The topological polar surface area (TPSA) is 101 Å². The number of amides is 1. The van der Waals surface area contributed by atoms with Crippen molar-refractivity contribution in [1.82, 2.24) is 5.32 Å². The van der Waals surface area contributed by atoms with Crippen LogP contribution in [-0.2, 0) is 19.4 Å². The normalized spacial score (nSPS) is 24.5. The number of sulfone groups is 1. The Bertz CT molecular complexity index is 449. The number of rotatable bonds is 3. The second-order valence-electron chi connectivity index (χ2n) is 5.75. The van der Waals surface area contributed by atoms with Crippen molar-refractivity contribution in [2.24, 2.45) is 11.3 Å². The molecule has 0 spiro atoms. The van der Waals surface area contributed by atoms with Gasteiger partial charge in [0.05, 0.1) is 17.4 Å². The van der Waals surface area contributed by atoms with Crippen LogP contribution in [0.15, 0.2) is 0 Å². The molecule has 1 aliphatic heterocycles. The van der Waals surface area contributed by atoms with E-state index in [0.29, 0.717) is 0 Å². The van der Waals surface area contributed by atoms with Gasteiger partial charge in [-0.3, -0.25) is 4.79 Å². The smallest absolute Gasteiger partial charge is 0.326 e. The molecule has 0 aromatic heterocycles. The Balaban J connectivity index is 2.72. The average molecular weight is 277 g/mol. The molecule has 6 nitrogen and oxygen atoms in total. The molecule has 7 heteroatoms. The highest BCUT2D eigenvalue weighted by Gasteiger charge is 2.38. The summed E-state index contributed by atoms with van der Waals surface area (Å²) in [6, 6.07) is -1.02. The molecule has 2 atom stereocenters. The van der Waals surface area contributed by atoms with Gasteiger partial charge in [0.15, 0.2) is 9.84 Å². The van der Waals surface area contributed by atoms with Crippen molar-refractivity contribution in [2.45, 2.75) is 33.2 Å². The molecule has 0 aromatic carbocycles. The van der Waals surface area contributed by atoms with E-state index < -0.39 is 39.1 Å². The molecule has 0 radical (unpaired) electrons. The van der Waals surface area contributed by atoms with Crippen LogP contribution in [0.1, 0.15) is 27.2 Å². The first-order valence-corrected chi connectivity index (χ1v) is 7.59. The monoisotopic (exact) mass is 277 g/mol. The van der Waals surface area contributed by atoms with Crippen molar-refractivity contribution < 1.29 is 23.1 Å². The molecule has 1 aliphatic rings. The number of carboxylic acids is 1. The molecular weight excluding hydrogens is 258 g/mol. The summed E-state index contributed by atoms with van der Waals surface area (Å²) in [5.74, 6) is -2.41. The molecule has 1 saturated heterocycles. The summed E-state index contributed by atoms with van der Waals surface area (Å²) < 4.78 is 22.5. The van der Waals surface area contributed by atoms with E-state index >= 15 is 0 Å². The van der Waals surface area contributed by atoms with Crippen LogP contribution in [0.5, 0.6) is 0 Å². The number of nitrogens with one attached hydrogen (secondary N) is 1. The maximum Gasteiger partial charge on any atom is 0.326 e. The van der Waals surface area contributed by atoms with Crippen molar-refractivity contribution in [1.29, 1.82) is 0 Å². The minimum Gasteiger partial charge on any atom is -0.480 e. The van der Waals surface area contributed by atoms with Crippen molar-refractivity contribution in [3.05, 3.63) is 0 Å². The first kappa shape index (κ1) is 14.9. The number of hydrogen-bond donors (Lipinski definition) is 2. The Morgan fingerprint density at radius 1 is 1.33 bits per heavy atom. The lowest BCUT2D eigenvalue weighted by atomic mass is 9.86. The molecular formula is C11H19NO5S. The second kappa shape index (κ2) is 4.87. The standard InChI is InChI=1S/C11H19NO5S/c1-11(2,3)8(10(14)15)12-9(13)7-4-5-18(16,17)6-7/h7-8H,4-6H2,1-3H3,(H,12,13)(H,14,15)/t7?,8-/m0/s1. The molecule has 1 fully saturated rings. The second-order valence-corrected chi connectivity index (χ2v) is 7.97. The maximum atomic E-state index is 11.9. The van der Waals surface area contributed by atoms with Crippen LogP contribution in [0.3, 0.4) is 0 Å². The van der Waals surface area contributed by atoms with Gasteiger partial charge in [0.1, 0.15) is 6.04 Å². The fraction of sp³-hybridized carbons (Fsp3) is 0.818. The van der Waals surface area contributed by atoms with Crippen LogP contribution in [-0.4, -0.2) is 42.9 Å². The third kappa shape index (κ3) is 3.69. The third-order valence-corrected chi connectivity index (χ3v) is 4.77. The largest absolute Gasteiger partial charge is 0.480 e. The van der Waals surface area contributed by atoms with E-state index in [1.807, 2.05) is 0 Å². The predicted octanol–water partition coefficient (Wildman–Crippen LogP) is 0.0366. The number of carbonyl (C=O) groups is 2. The fourth-order valence-electron chi connectivity index (χ4n) is 1.91. The summed E-state index contributed by atoms with van der Waals surface area (Å²) in [6.45, 7) is 5.12. The molecule has 0 aromatic rings. The quantitative estimate of drug-likeness (QED) is 0.758. The molecule has 18 heavy (non-hydrogen) atoms. The van der Waals surface area contributed by atoms with E-state index in [1.165, 1.54) is 0 Å². The molecule has 0 bridgehead atoms. The lowest BCUT2D eigenvalue weighted by molar-refractivity contribution is -0.145. The van der Waals surface area contributed by atoms with Gasteiger partial charge < -0.3 is 10.4 Å². The molecule has 2 N–H and O–H groups in total. The zero-order valence-electron chi connectivity index (χ0n) is 10.8. The first-order valence-electron chi connectivity index (χ1n) is 5.76. The van der Waals surface area contributed by atoms with Crippen LogP contribution in [0.25, 0.3) is 0 Å². The Hall–Kier alpha value is -1.11. The Kier molecular flexibility index (Phi) is 4.05. The number of carboxylic acid groups (broad SMARTS) is 1. The fourth-order valence-corrected chi connectivity index (χ4v) is 3.65. The van der Waals surface area contributed by atoms with Crippen molar-refractivity contribution in [2.75, 3.05) is 11.5 Å². The van der Waals surface area contributed by atoms with E-state index in [-0.39, 0.29) is 17.9 Å². The molecule has 1 unspecified atom stereocenters. The van der Waals surface area contributed by atoms with Gasteiger partial charge in [0, 0.05) is 0 Å². The number of carbonyl (C=O) groups excluding carboxylic acids is 1. The van der Waals surface area contributed by atoms with Gasteiger partial charge in [-0.15, -0.1) is 0 Å². The van der Waals surface area contributed by atoms with Crippen molar-refractivity contribution >= 4 is 21.7 Å².